The van der Waals surface area contributed by atoms with Gasteiger partial charge in [0.05, 0.1) is 19.3 Å². The van der Waals surface area contributed by atoms with Crippen LogP contribution in [-0.2, 0) is 13.2 Å². The summed E-state index contributed by atoms with van der Waals surface area (Å²) in [5.74, 6) is 2.46. The summed E-state index contributed by atoms with van der Waals surface area (Å²) in [7, 11) is 1.71. The van der Waals surface area contributed by atoms with Gasteiger partial charge in [-0.3, -0.25) is 4.90 Å². The van der Waals surface area contributed by atoms with E-state index < -0.39 is 0 Å². The number of hydrogen-bond donors (Lipinski definition) is 1. The fourth-order valence-corrected chi connectivity index (χ4v) is 2.85. The van der Waals surface area contributed by atoms with Gasteiger partial charge < -0.3 is 19.2 Å². The van der Waals surface area contributed by atoms with E-state index in [1.54, 1.807) is 7.11 Å². The van der Waals surface area contributed by atoms with Gasteiger partial charge in [0, 0.05) is 26.2 Å². The van der Waals surface area contributed by atoms with Crippen molar-refractivity contribution >= 4 is 5.69 Å². The van der Waals surface area contributed by atoms with Crippen molar-refractivity contribution in [2.45, 2.75) is 13.2 Å². The molecule has 5 nitrogen and oxygen atoms in total. The number of methoxy groups -OCH3 is 1. The smallest absolute Gasteiger partial charge is 0.142 e. The first-order chi connectivity index (χ1) is 10.8. The lowest BCUT2D eigenvalue weighted by molar-refractivity contribution is 0.212. The average molecular weight is 302 g/mol. The zero-order valence-corrected chi connectivity index (χ0v) is 12.9. The first kappa shape index (κ1) is 14.9. The van der Waals surface area contributed by atoms with E-state index in [0.29, 0.717) is 5.76 Å². The lowest BCUT2D eigenvalue weighted by atomic mass is 10.2. The third-order valence-corrected chi connectivity index (χ3v) is 4.05. The van der Waals surface area contributed by atoms with E-state index in [4.69, 9.17) is 14.3 Å². The van der Waals surface area contributed by atoms with E-state index >= 15 is 0 Å². The molecule has 2 aromatic rings. The van der Waals surface area contributed by atoms with Gasteiger partial charge in [-0.1, -0.05) is 12.1 Å². The minimum atomic E-state index is -0.0401. The Kier molecular flexibility index (Phi) is 4.65. The summed E-state index contributed by atoms with van der Waals surface area (Å²) >= 11 is 0. The van der Waals surface area contributed by atoms with E-state index in [2.05, 4.69) is 15.9 Å². The van der Waals surface area contributed by atoms with Crippen molar-refractivity contribution in [2.24, 2.45) is 0 Å². The largest absolute Gasteiger partial charge is 0.495 e. The van der Waals surface area contributed by atoms with Crippen LogP contribution in [0.2, 0.25) is 0 Å². The minimum absolute atomic E-state index is 0.0401. The van der Waals surface area contributed by atoms with Gasteiger partial charge in [-0.25, -0.2) is 0 Å². The van der Waals surface area contributed by atoms with Crippen LogP contribution in [0.5, 0.6) is 5.75 Å². The van der Waals surface area contributed by atoms with E-state index in [9.17, 15) is 0 Å². The van der Waals surface area contributed by atoms with E-state index in [1.165, 1.54) is 0 Å². The molecule has 118 valence electrons. The van der Waals surface area contributed by atoms with Crippen LogP contribution in [0, 0.1) is 0 Å². The fourth-order valence-electron chi connectivity index (χ4n) is 2.85. The summed E-state index contributed by atoms with van der Waals surface area (Å²) in [5.41, 5.74) is 1.16. The molecule has 1 saturated heterocycles. The van der Waals surface area contributed by atoms with Crippen molar-refractivity contribution in [1.29, 1.82) is 0 Å². The first-order valence-corrected chi connectivity index (χ1v) is 7.59. The van der Waals surface area contributed by atoms with Gasteiger partial charge in [0.15, 0.2) is 0 Å². The monoisotopic (exact) mass is 302 g/mol. The number of aliphatic hydroxyl groups excluding tert-OH is 1. The zero-order valence-electron chi connectivity index (χ0n) is 12.9. The third-order valence-electron chi connectivity index (χ3n) is 4.05. The van der Waals surface area contributed by atoms with Crippen LogP contribution in [-0.4, -0.2) is 43.3 Å². The molecule has 0 spiro atoms. The van der Waals surface area contributed by atoms with Crippen molar-refractivity contribution in [3.05, 3.63) is 47.9 Å². The van der Waals surface area contributed by atoms with Gasteiger partial charge in [0.2, 0.25) is 0 Å². The standard InChI is InChI=1S/C17H22N2O3/c1-21-17-5-3-2-4-16(17)19-10-8-18(9-11-19)12-14-6-7-15(13-20)22-14/h2-7,20H,8-13H2,1H3. The Balaban J connectivity index is 1.58. The summed E-state index contributed by atoms with van der Waals surface area (Å²) in [6, 6.07) is 11.9. The predicted molar refractivity (Wildman–Crippen MR) is 85.1 cm³/mol. The SMILES string of the molecule is COc1ccccc1N1CCN(Cc2ccc(CO)o2)CC1. The maximum absolute atomic E-state index is 9.04. The Hall–Kier alpha value is -1.98. The average Bonchev–Trinajstić information content (AvgIpc) is 3.03. The molecule has 1 aromatic carbocycles. The Morgan fingerprint density at radius 2 is 1.77 bits per heavy atom. The molecular formula is C17H22N2O3. The van der Waals surface area contributed by atoms with E-state index in [1.807, 2.05) is 30.3 Å². The molecule has 0 saturated carbocycles. The van der Waals surface area contributed by atoms with Gasteiger partial charge in [0.25, 0.3) is 0 Å². The number of nitrogens with zero attached hydrogens (tertiary/aromatic N) is 2. The minimum Gasteiger partial charge on any atom is -0.495 e. The fraction of sp³-hybridized carbons (Fsp3) is 0.412. The summed E-state index contributed by atoms with van der Waals surface area (Å²) < 4.78 is 11.0. The second kappa shape index (κ2) is 6.85. The highest BCUT2D eigenvalue weighted by Gasteiger charge is 2.20. The molecule has 1 N–H and O–H groups in total. The van der Waals surface area contributed by atoms with Crippen LogP contribution in [0.25, 0.3) is 0 Å². The molecule has 0 amide bonds. The Labute approximate surface area is 130 Å². The molecule has 0 bridgehead atoms. The van der Waals surface area contributed by atoms with Crippen molar-refractivity contribution in [1.82, 2.24) is 4.90 Å². The van der Waals surface area contributed by atoms with Gasteiger partial charge in [-0.05, 0) is 24.3 Å². The number of ether oxygens (including phenoxy) is 1. The summed E-state index contributed by atoms with van der Waals surface area (Å²) in [6.45, 7) is 4.64. The molecule has 0 unspecified atom stereocenters. The molecule has 0 radical (unpaired) electrons. The van der Waals surface area contributed by atoms with Crippen LogP contribution in [0.15, 0.2) is 40.8 Å². The van der Waals surface area contributed by atoms with Crippen LogP contribution in [0.4, 0.5) is 5.69 Å². The molecule has 2 heterocycles. The molecule has 1 fully saturated rings. The number of hydrogen-bond acceptors (Lipinski definition) is 5. The predicted octanol–water partition coefficient (Wildman–Crippen LogP) is 2.10. The molecule has 0 atom stereocenters. The molecule has 0 aliphatic carbocycles. The zero-order chi connectivity index (χ0) is 15.4. The third kappa shape index (κ3) is 3.26. The molecule has 1 aliphatic heterocycles. The molecule has 5 heteroatoms. The topological polar surface area (TPSA) is 49.1 Å². The number of anilines is 1. The molecule has 3 rings (SSSR count). The number of rotatable bonds is 5. The van der Waals surface area contributed by atoms with Crippen LogP contribution >= 0.6 is 0 Å². The molecule has 22 heavy (non-hydrogen) atoms. The maximum atomic E-state index is 9.04. The van der Waals surface area contributed by atoms with E-state index in [-0.39, 0.29) is 6.61 Å². The molecule has 1 aliphatic rings. The van der Waals surface area contributed by atoms with Gasteiger partial charge in [-0.15, -0.1) is 0 Å². The summed E-state index contributed by atoms with van der Waals surface area (Å²) in [4.78, 5) is 4.72. The Morgan fingerprint density at radius 1 is 1.05 bits per heavy atom. The lowest BCUT2D eigenvalue weighted by Crippen LogP contribution is -2.46. The highest BCUT2D eigenvalue weighted by atomic mass is 16.5. The van der Waals surface area contributed by atoms with Gasteiger partial charge >= 0.3 is 0 Å². The number of benzene rings is 1. The second-order valence-corrected chi connectivity index (χ2v) is 5.46. The van der Waals surface area contributed by atoms with Crippen molar-refractivity contribution in [2.75, 3.05) is 38.2 Å². The van der Waals surface area contributed by atoms with Crippen molar-refractivity contribution < 1.29 is 14.3 Å². The van der Waals surface area contributed by atoms with Gasteiger partial charge in [0.1, 0.15) is 23.9 Å². The Morgan fingerprint density at radius 3 is 2.45 bits per heavy atom. The lowest BCUT2D eigenvalue weighted by Gasteiger charge is -2.36. The van der Waals surface area contributed by atoms with Crippen LogP contribution in [0.1, 0.15) is 11.5 Å². The number of piperazine rings is 1. The molecule has 1 aromatic heterocycles. The second-order valence-electron chi connectivity index (χ2n) is 5.46. The first-order valence-electron chi connectivity index (χ1n) is 7.59. The number of aliphatic hydroxyl groups is 1. The number of furan rings is 1. The number of para-hydroxylation sites is 2. The van der Waals surface area contributed by atoms with Crippen LogP contribution < -0.4 is 9.64 Å². The summed E-state index contributed by atoms with van der Waals surface area (Å²) in [6.07, 6.45) is 0. The summed E-state index contributed by atoms with van der Waals surface area (Å²) in [5, 5.41) is 9.04. The maximum Gasteiger partial charge on any atom is 0.142 e. The van der Waals surface area contributed by atoms with Crippen LogP contribution in [0.3, 0.4) is 0 Å². The van der Waals surface area contributed by atoms with Crippen molar-refractivity contribution in [3.8, 4) is 5.75 Å². The van der Waals surface area contributed by atoms with Gasteiger partial charge in [-0.2, -0.15) is 0 Å². The highest BCUT2D eigenvalue weighted by molar-refractivity contribution is 5.58. The molecular weight excluding hydrogens is 280 g/mol. The van der Waals surface area contributed by atoms with Crippen molar-refractivity contribution in [3.63, 3.8) is 0 Å². The normalized spacial score (nSPS) is 16.0. The van der Waals surface area contributed by atoms with E-state index in [0.717, 1.165) is 49.9 Å². The highest BCUT2D eigenvalue weighted by Crippen LogP contribution is 2.28. The Bertz CT molecular complexity index is 603. The quantitative estimate of drug-likeness (QED) is 0.916.